The summed E-state index contributed by atoms with van der Waals surface area (Å²) >= 11 is 9.44. The molecule has 0 unspecified atom stereocenters. The first-order chi connectivity index (χ1) is 5.29. The molecule has 1 aromatic rings. The Hall–Kier alpha value is -0.210. The van der Waals surface area contributed by atoms with Gasteiger partial charge in [0, 0.05) is 11.0 Å². The number of fused-ring (bicyclic) bond motifs is 1. The molecule has 1 aromatic carbocycles. The van der Waals surface area contributed by atoms with Gasteiger partial charge < -0.3 is 5.32 Å². The van der Waals surface area contributed by atoms with E-state index in [4.69, 9.17) is 11.6 Å². The molecule has 1 aliphatic rings. The molecule has 0 aromatic heterocycles. The molecule has 1 N–H and O–H groups in total. The van der Waals surface area contributed by atoms with Crippen LogP contribution < -0.4 is 5.32 Å². The van der Waals surface area contributed by atoms with Crippen LogP contribution in [0.2, 0.25) is 5.02 Å². The van der Waals surface area contributed by atoms with Crippen LogP contribution in [0.3, 0.4) is 0 Å². The highest BCUT2D eigenvalue weighted by Gasteiger charge is 2.15. The zero-order valence-electron chi connectivity index (χ0n) is 5.82. The molecule has 1 heterocycles. The van der Waals surface area contributed by atoms with Crippen LogP contribution in [0, 0.1) is 0 Å². The van der Waals surface area contributed by atoms with Crippen LogP contribution in [0.5, 0.6) is 0 Å². The van der Waals surface area contributed by atoms with E-state index in [1.54, 1.807) is 0 Å². The Labute approximate surface area is 78.9 Å². The van der Waals surface area contributed by atoms with Gasteiger partial charge in [0.1, 0.15) is 0 Å². The Balaban J connectivity index is 2.64. The molecule has 0 atom stereocenters. The largest absolute Gasteiger partial charge is 0.383 e. The first-order valence-corrected chi connectivity index (χ1v) is 4.67. The van der Waals surface area contributed by atoms with Crippen LogP contribution in [-0.2, 0) is 6.42 Å². The SMILES string of the molecule is Clc1ccc(Br)c2c1NCC2. The highest BCUT2D eigenvalue weighted by molar-refractivity contribution is 9.10. The van der Waals surface area contributed by atoms with Gasteiger partial charge in [-0.2, -0.15) is 0 Å². The van der Waals surface area contributed by atoms with Crippen molar-refractivity contribution in [3.8, 4) is 0 Å². The van der Waals surface area contributed by atoms with Crippen molar-refractivity contribution in [2.45, 2.75) is 6.42 Å². The Morgan fingerprint density at radius 2 is 2.27 bits per heavy atom. The maximum absolute atomic E-state index is 5.96. The van der Waals surface area contributed by atoms with E-state index in [2.05, 4.69) is 21.2 Å². The number of rotatable bonds is 0. The van der Waals surface area contributed by atoms with E-state index < -0.39 is 0 Å². The van der Waals surface area contributed by atoms with Crippen LogP contribution in [0.15, 0.2) is 16.6 Å². The summed E-state index contributed by atoms with van der Waals surface area (Å²) < 4.78 is 1.15. The smallest absolute Gasteiger partial charge is 0.0641 e. The van der Waals surface area contributed by atoms with Crippen molar-refractivity contribution in [3.63, 3.8) is 0 Å². The van der Waals surface area contributed by atoms with Crippen LogP contribution in [0.4, 0.5) is 5.69 Å². The highest BCUT2D eigenvalue weighted by atomic mass is 79.9. The van der Waals surface area contributed by atoms with Gasteiger partial charge in [-0.05, 0) is 24.1 Å². The molecule has 0 saturated heterocycles. The molecule has 1 aliphatic heterocycles. The summed E-state index contributed by atoms with van der Waals surface area (Å²) in [6, 6.07) is 3.90. The van der Waals surface area contributed by atoms with E-state index in [1.165, 1.54) is 5.56 Å². The minimum Gasteiger partial charge on any atom is -0.383 e. The van der Waals surface area contributed by atoms with E-state index in [0.717, 1.165) is 28.1 Å². The highest BCUT2D eigenvalue weighted by Crippen LogP contribution is 2.35. The Morgan fingerprint density at radius 1 is 1.45 bits per heavy atom. The molecule has 0 saturated carbocycles. The fourth-order valence-corrected chi connectivity index (χ4v) is 2.11. The van der Waals surface area contributed by atoms with Crippen molar-refractivity contribution in [1.82, 2.24) is 0 Å². The van der Waals surface area contributed by atoms with Crippen molar-refractivity contribution in [3.05, 3.63) is 27.2 Å². The van der Waals surface area contributed by atoms with Crippen LogP contribution in [0.1, 0.15) is 5.56 Å². The van der Waals surface area contributed by atoms with Gasteiger partial charge in [0.2, 0.25) is 0 Å². The number of anilines is 1. The normalized spacial score (nSPS) is 14.4. The number of nitrogens with one attached hydrogen (secondary N) is 1. The summed E-state index contributed by atoms with van der Waals surface area (Å²) in [6.07, 6.45) is 1.07. The molecule has 0 bridgehead atoms. The summed E-state index contributed by atoms with van der Waals surface area (Å²) in [5.74, 6) is 0. The number of halogens is 2. The Kier molecular flexibility index (Phi) is 1.81. The maximum atomic E-state index is 5.96. The second-order valence-corrected chi connectivity index (χ2v) is 3.82. The zero-order chi connectivity index (χ0) is 7.84. The first kappa shape index (κ1) is 7.44. The van der Waals surface area contributed by atoms with Gasteiger partial charge in [0.05, 0.1) is 10.7 Å². The Bertz CT molecular complexity index is 269. The Morgan fingerprint density at radius 3 is 3.00 bits per heavy atom. The number of hydrogen-bond acceptors (Lipinski definition) is 1. The van der Waals surface area contributed by atoms with Crippen molar-refractivity contribution in [2.75, 3.05) is 11.9 Å². The molecular weight excluding hydrogens is 225 g/mol. The summed E-state index contributed by atoms with van der Waals surface area (Å²) in [4.78, 5) is 0. The van der Waals surface area contributed by atoms with Gasteiger partial charge >= 0.3 is 0 Å². The summed E-state index contributed by atoms with van der Waals surface area (Å²) in [6.45, 7) is 0.998. The lowest BCUT2D eigenvalue weighted by molar-refractivity contribution is 1.10. The molecule has 1 nitrogen and oxygen atoms in total. The molecule has 3 heteroatoms. The van der Waals surface area contributed by atoms with Crippen LogP contribution in [-0.4, -0.2) is 6.54 Å². The third-order valence-electron chi connectivity index (χ3n) is 1.88. The average Bonchev–Trinajstić information content (AvgIpc) is 2.45. The van der Waals surface area contributed by atoms with Crippen molar-refractivity contribution >= 4 is 33.2 Å². The lowest BCUT2D eigenvalue weighted by Crippen LogP contribution is -1.91. The third kappa shape index (κ3) is 1.14. The van der Waals surface area contributed by atoms with Crippen molar-refractivity contribution in [2.24, 2.45) is 0 Å². The lowest BCUT2D eigenvalue weighted by atomic mass is 10.2. The topological polar surface area (TPSA) is 12.0 Å². The molecule has 0 fully saturated rings. The quantitative estimate of drug-likeness (QED) is 0.725. The first-order valence-electron chi connectivity index (χ1n) is 3.50. The van der Waals surface area contributed by atoms with Crippen LogP contribution in [0.25, 0.3) is 0 Å². The minimum absolute atomic E-state index is 0.820. The van der Waals surface area contributed by atoms with E-state index in [1.807, 2.05) is 12.1 Å². The fourth-order valence-electron chi connectivity index (χ4n) is 1.34. The van der Waals surface area contributed by atoms with Gasteiger partial charge in [-0.25, -0.2) is 0 Å². The van der Waals surface area contributed by atoms with E-state index >= 15 is 0 Å². The summed E-state index contributed by atoms with van der Waals surface area (Å²) in [7, 11) is 0. The van der Waals surface area contributed by atoms with Gasteiger partial charge in [-0.1, -0.05) is 27.5 Å². The number of benzene rings is 1. The van der Waals surface area contributed by atoms with Gasteiger partial charge in [-0.3, -0.25) is 0 Å². The van der Waals surface area contributed by atoms with E-state index in [9.17, 15) is 0 Å². The maximum Gasteiger partial charge on any atom is 0.0641 e. The monoisotopic (exact) mass is 231 g/mol. The van der Waals surface area contributed by atoms with Gasteiger partial charge in [-0.15, -0.1) is 0 Å². The van der Waals surface area contributed by atoms with E-state index in [0.29, 0.717) is 0 Å². The molecule has 0 amide bonds. The molecule has 58 valence electrons. The third-order valence-corrected chi connectivity index (χ3v) is 2.94. The molecule has 11 heavy (non-hydrogen) atoms. The molecule has 0 radical (unpaired) electrons. The van der Waals surface area contributed by atoms with E-state index in [-0.39, 0.29) is 0 Å². The fraction of sp³-hybridized carbons (Fsp3) is 0.250. The standard InChI is InChI=1S/C8H7BrClN/c9-6-1-2-7(10)8-5(6)3-4-11-8/h1-2,11H,3-4H2. The molecule has 0 aliphatic carbocycles. The molecular formula is C8H7BrClN. The average molecular weight is 233 g/mol. The summed E-state index contributed by atoms with van der Waals surface area (Å²) in [5.41, 5.74) is 2.40. The second kappa shape index (κ2) is 2.68. The predicted octanol–water partition coefficient (Wildman–Crippen LogP) is 3.07. The van der Waals surface area contributed by atoms with Gasteiger partial charge in [0.25, 0.3) is 0 Å². The molecule has 0 spiro atoms. The van der Waals surface area contributed by atoms with Crippen molar-refractivity contribution < 1.29 is 0 Å². The second-order valence-electron chi connectivity index (χ2n) is 2.56. The minimum atomic E-state index is 0.820. The predicted molar refractivity (Wildman–Crippen MR) is 51.3 cm³/mol. The zero-order valence-corrected chi connectivity index (χ0v) is 8.17. The van der Waals surface area contributed by atoms with Crippen molar-refractivity contribution in [1.29, 1.82) is 0 Å². The van der Waals surface area contributed by atoms with Gasteiger partial charge in [0.15, 0.2) is 0 Å². The summed E-state index contributed by atoms with van der Waals surface area (Å²) in [5, 5.41) is 4.07. The molecule has 2 rings (SSSR count). The van der Waals surface area contributed by atoms with Crippen LogP contribution >= 0.6 is 27.5 Å². The lowest BCUT2D eigenvalue weighted by Gasteiger charge is -2.03. The number of hydrogen-bond donors (Lipinski definition) is 1.